The van der Waals surface area contributed by atoms with Gasteiger partial charge in [-0.3, -0.25) is 4.79 Å². The molecule has 0 unspecified atom stereocenters. The molecule has 1 heterocycles. The second-order valence-electron chi connectivity index (χ2n) is 4.39. The van der Waals surface area contributed by atoms with E-state index in [4.69, 9.17) is 0 Å². The van der Waals surface area contributed by atoms with Crippen molar-refractivity contribution < 1.29 is 13.2 Å². The number of sulfone groups is 1. The summed E-state index contributed by atoms with van der Waals surface area (Å²) in [7, 11) is -2.86. The number of amides is 1. The van der Waals surface area contributed by atoms with Crippen molar-refractivity contribution in [3.8, 4) is 0 Å². The minimum atomic E-state index is -2.86. The Kier molecular flexibility index (Phi) is 5.13. The van der Waals surface area contributed by atoms with Crippen molar-refractivity contribution in [2.24, 2.45) is 0 Å². The highest BCUT2D eigenvalue weighted by molar-refractivity contribution is 14.1. The molecule has 0 aromatic heterocycles. The maximum atomic E-state index is 11.7. The Bertz CT molecular complexity index is 557. The lowest BCUT2D eigenvalue weighted by atomic mass is 10.3. The molecule has 0 aliphatic carbocycles. The summed E-state index contributed by atoms with van der Waals surface area (Å²) in [6.07, 6.45) is 0.657. The normalized spacial score (nSPS) is 21.2. The van der Waals surface area contributed by atoms with E-state index >= 15 is 0 Å². The van der Waals surface area contributed by atoms with E-state index in [1.807, 2.05) is 24.3 Å². The Morgan fingerprint density at radius 3 is 2.63 bits per heavy atom. The largest absolute Gasteiger partial charge is 0.325 e. The summed E-state index contributed by atoms with van der Waals surface area (Å²) in [5.74, 6) is 0.667. The van der Waals surface area contributed by atoms with E-state index in [0.29, 0.717) is 12.2 Å². The van der Waals surface area contributed by atoms with Gasteiger partial charge in [0.15, 0.2) is 9.84 Å². The predicted octanol–water partition coefficient (Wildman–Crippen LogP) is 2.15. The van der Waals surface area contributed by atoms with Gasteiger partial charge in [0, 0.05) is 14.5 Å². The number of carbonyl (C=O) groups excluding carboxylic acids is 1. The summed E-state index contributed by atoms with van der Waals surface area (Å²) in [6, 6.07) is 7.55. The van der Waals surface area contributed by atoms with Crippen LogP contribution in [0.3, 0.4) is 0 Å². The lowest BCUT2D eigenvalue weighted by Gasteiger charge is -2.08. The van der Waals surface area contributed by atoms with E-state index in [1.165, 1.54) is 11.8 Å². The van der Waals surface area contributed by atoms with Gasteiger partial charge in [-0.2, -0.15) is 0 Å². The average Bonchev–Trinajstić information content (AvgIpc) is 2.69. The van der Waals surface area contributed by atoms with Gasteiger partial charge in [0.1, 0.15) is 0 Å². The molecule has 104 valence electrons. The van der Waals surface area contributed by atoms with Crippen LogP contribution in [0, 0.1) is 3.57 Å². The minimum absolute atomic E-state index is 0.0625. The summed E-state index contributed by atoms with van der Waals surface area (Å²) in [5.41, 5.74) is 0.769. The second-order valence-corrected chi connectivity index (χ2v) is 9.15. The molecule has 0 saturated carbocycles. The van der Waals surface area contributed by atoms with Gasteiger partial charge in [-0.25, -0.2) is 8.42 Å². The van der Waals surface area contributed by atoms with Gasteiger partial charge in [0.05, 0.1) is 17.3 Å². The highest BCUT2D eigenvalue weighted by Crippen LogP contribution is 2.24. The maximum Gasteiger partial charge on any atom is 0.234 e. The highest BCUT2D eigenvalue weighted by atomic mass is 127. The second kappa shape index (κ2) is 6.45. The molecule has 1 atom stereocenters. The molecule has 4 nitrogen and oxygen atoms in total. The van der Waals surface area contributed by atoms with Gasteiger partial charge in [-0.05, 0) is 53.3 Å². The number of carbonyl (C=O) groups is 1. The fraction of sp³-hybridized carbons (Fsp3) is 0.417. The van der Waals surface area contributed by atoms with E-state index in [0.717, 1.165) is 9.26 Å². The van der Waals surface area contributed by atoms with Gasteiger partial charge in [-0.15, -0.1) is 11.8 Å². The summed E-state index contributed by atoms with van der Waals surface area (Å²) < 4.78 is 23.7. The zero-order valence-electron chi connectivity index (χ0n) is 10.1. The number of thioether (sulfide) groups is 1. The molecule has 1 aliphatic heterocycles. The van der Waals surface area contributed by atoms with Crippen LogP contribution in [0.15, 0.2) is 24.3 Å². The first kappa shape index (κ1) is 15.1. The first-order chi connectivity index (χ1) is 8.94. The molecule has 1 saturated heterocycles. The first-order valence-electron chi connectivity index (χ1n) is 5.82. The Hall–Kier alpha value is -0.280. The highest BCUT2D eigenvalue weighted by Gasteiger charge is 2.28. The van der Waals surface area contributed by atoms with Crippen molar-refractivity contribution in [1.82, 2.24) is 0 Å². The van der Waals surface area contributed by atoms with Crippen LogP contribution >= 0.6 is 34.4 Å². The number of anilines is 1. The molecule has 1 amide bonds. The van der Waals surface area contributed by atoms with Crippen LogP contribution in [0.2, 0.25) is 0 Å². The number of nitrogens with one attached hydrogen (secondary N) is 1. The van der Waals surface area contributed by atoms with Crippen molar-refractivity contribution in [1.29, 1.82) is 0 Å². The van der Waals surface area contributed by atoms with Gasteiger partial charge < -0.3 is 5.32 Å². The molecular formula is C12H14INO3S2. The zero-order valence-corrected chi connectivity index (χ0v) is 13.9. The Balaban J connectivity index is 1.78. The summed E-state index contributed by atoms with van der Waals surface area (Å²) in [6.45, 7) is 0. The average molecular weight is 411 g/mol. The van der Waals surface area contributed by atoms with E-state index in [1.54, 1.807) is 0 Å². The van der Waals surface area contributed by atoms with E-state index < -0.39 is 9.84 Å². The molecule has 19 heavy (non-hydrogen) atoms. The predicted molar refractivity (Wildman–Crippen MR) is 87.3 cm³/mol. The standard InChI is InChI=1S/C12H14INO3S2/c13-9-1-3-10(4-2-9)14-12(15)7-18-11-5-6-19(16,17)8-11/h1-4,11H,5-8H2,(H,14,15)/t11-/m1/s1. The monoisotopic (exact) mass is 411 g/mol. The third kappa shape index (κ3) is 4.96. The summed E-state index contributed by atoms with van der Waals surface area (Å²) >= 11 is 3.63. The molecule has 1 N–H and O–H groups in total. The molecule has 1 aromatic carbocycles. The van der Waals surface area contributed by atoms with E-state index in [-0.39, 0.29) is 22.7 Å². The quantitative estimate of drug-likeness (QED) is 0.772. The third-order valence-corrected chi connectivity index (χ3v) is 6.77. The zero-order chi connectivity index (χ0) is 13.9. The Morgan fingerprint density at radius 2 is 2.05 bits per heavy atom. The Morgan fingerprint density at radius 1 is 1.37 bits per heavy atom. The number of hydrogen-bond donors (Lipinski definition) is 1. The molecule has 1 aromatic rings. The van der Waals surface area contributed by atoms with Crippen molar-refractivity contribution in [3.05, 3.63) is 27.8 Å². The van der Waals surface area contributed by atoms with E-state index in [2.05, 4.69) is 27.9 Å². The van der Waals surface area contributed by atoms with Gasteiger partial charge in [0.2, 0.25) is 5.91 Å². The van der Waals surface area contributed by atoms with Crippen molar-refractivity contribution in [2.45, 2.75) is 11.7 Å². The molecule has 0 spiro atoms. The Labute approximate surface area is 130 Å². The van der Waals surface area contributed by atoms with Crippen LogP contribution < -0.4 is 5.32 Å². The number of hydrogen-bond acceptors (Lipinski definition) is 4. The van der Waals surface area contributed by atoms with Crippen molar-refractivity contribution >= 4 is 55.8 Å². The van der Waals surface area contributed by atoms with Gasteiger partial charge in [-0.1, -0.05) is 0 Å². The number of rotatable bonds is 4. The van der Waals surface area contributed by atoms with Crippen molar-refractivity contribution in [2.75, 3.05) is 22.6 Å². The van der Waals surface area contributed by atoms with Crippen LogP contribution in [0.4, 0.5) is 5.69 Å². The van der Waals surface area contributed by atoms with Gasteiger partial charge in [0.25, 0.3) is 0 Å². The lowest BCUT2D eigenvalue weighted by Crippen LogP contribution is -2.17. The fourth-order valence-corrected chi connectivity index (χ4v) is 5.62. The number of benzene rings is 1. The molecular weight excluding hydrogens is 397 g/mol. The van der Waals surface area contributed by atoms with Crippen LogP contribution in [0.5, 0.6) is 0 Å². The van der Waals surface area contributed by atoms with Crippen LogP contribution in [-0.2, 0) is 14.6 Å². The molecule has 1 aliphatic rings. The molecule has 0 radical (unpaired) electrons. The SMILES string of the molecule is O=C(CS[C@@H]1CCS(=O)(=O)C1)Nc1ccc(I)cc1. The molecule has 7 heteroatoms. The van der Waals surface area contributed by atoms with Crippen LogP contribution in [-0.4, -0.2) is 36.8 Å². The smallest absolute Gasteiger partial charge is 0.234 e. The van der Waals surface area contributed by atoms with Crippen LogP contribution in [0.25, 0.3) is 0 Å². The lowest BCUT2D eigenvalue weighted by molar-refractivity contribution is -0.113. The minimum Gasteiger partial charge on any atom is -0.325 e. The van der Waals surface area contributed by atoms with Crippen molar-refractivity contribution in [3.63, 3.8) is 0 Å². The topological polar surface area (TPSA) is 63.2 Å². The fourth-order valence-electron chi connectivity index (χ4n) is 1.82. The van der Waals surface area contributed by atoms with Gasteiger partial charge >= 0.3 is 0 Å². The molecule has 1 fully saturated rings. The molecule has 0 bridgehead atoms. The number of halogens is 1. The summed E-state index contributed by atoms with van der Waals surface area (Å²) in [4.78, 5) is 11.7. The molecule has 2 rings (SSSR count). The van der Waals surface area contributed by atoms with E-state index in [9.17, 15) is 13.2 Å². The first-order valence-corrected chi connectivity index (χ1v) is 9.77. The summed E-state index contributed by atoms with van der Waals surface area (Å²) in [5, 5.41) is 2.86. The third-order valence-electron chi connectivity index (χ3n) is 2.77. The maximum absolute atomic E-state index is 11.7. The van der Waals surface area contributed by atoms with Crippen LogP contribution in [0.1, 0.15) is 6.42 Å².